The Balaban J connectivity index is 2.80. The molecular weight excluding hydrogens is 242 g/mol. The molecule has 1 N–H and O–H groups in total. The minimum absolute atomic E-state index is 0.00991. The van der Waals surface area contributed by atoms with Gasteiger partial charge in [-0.1, -0.05) is 23.2 Å². The van der Waals surface area contributed by atoms with Gasteiger partial charge in [-0.05, 0) is 26.0 Å². The number of halogens is 1. The summed E-state index contributed by atoms with van der Waals surface area (Å²) in [5.41, 5.74) is 1.60. The summed E-state index contributed by atoms with van der Waals surface area (Å²) < 4.78 is 1.46. The number of hydrogen-bond acceptors (Lipinski definition) is 3. The fourth-order valence-electron chi connectivity index (χ4n) is 1.61. The third kappa shape index (κ3) is 1.93. The van der Waals surface area contributed by atoms with Crippen LogP contribution in [0.5, 0.6) is 0 Å². The van der Waals surface area contributed by atoms with Crippen molar-refractivity contribution >= 4 is 38.7 Å². The van der Waals surface area contributed by atoms with E-state index in [-0.39, 0.29) is 5.43 Å². The van der Waals surface area contributed by atoms with Crippen LogP contribution in [0.2, 0.25) is 4.34 Å². The molecule has 1 heterocycles. The Hall–Kier alpha value is -1.06. The smallest absolute Gasteiger partial charge is 0.212 e. The zero-order valence-corrected chi connectivity index (χ0v) is 10.7. The van der Waals surface area contributed by atoms with Gasteiger partial charge in [0.15, 0.2) is 0 Å². The Morgan fingerprint density at radius 2 is 2.19 bits per heavy atom. The Bertz CT molecular complexity index is 591. The van der Waals surface area contributed by atoms with Crippen molar-refractivity contribution in [2.75, 3.05) is 11.9 Å². The van der Waals surface area contributed by atoms with Crippen molar-refractivity contribution in [1.29, 1.82) is 0 Å². The lowest BCUT2D eigenvalue weighted by molar-refractivity contribution is 1.21. The highest BCUT2D eigenvalue weighted by Crippen LogP contribution is 2.29. The predicted octanol–water partition coefficient (Wildman–Crippen LogP) is 3.66. The second-order valence-electron chi connectivity index (χ2n) is 3.61. The van der Waals surface area contributed by atoms with Gasteiger partial charge in [0, 0.05) is 16.6 Å². The molecular formula is C12H12ClNOS. The lowest BCUT2D eigenvalue weighted by Crippen LogP contribution is -2.11. The second-order valence-corrected chi connectivity index (χ2v) is 5.26. The molecule has 1 aromatic carbocycles. The minimum Gasteiger partial charge on any atom is -0.380 e. The topological polar surface area (TPSA) is 29.1 Å². The number of hydrogen-bond donors (Lipinski definition) is 1. The van der Waals surface area contributed by atoms with Gasteiger partial charge in [0.2, 0.25) is 5.43 Å². The highest BCUT2D eigenvalue weighted by molar-refractivity contribution is 7.22. The summed E-state index contributed by atoms with van der Waals surface area (Å²) in [4.78, 5) is 12.2. The van der Waals surface area contributed by atoms with Crippen molar-refractivity contribution in [3.05, 3.63) is 38.3 Å². The molecule has 2 nitrogen and oxygen atoms in total. The van der Waals surface area contributed by atoms with Crippen LogP contribution in [0.1, 0.15) is 12.5 Å². The predicted molar refractivity (Wildman–Crippen MR) is 72.0 cm³/mol. The summed E-state index contributed by atoms with van der Waals surface area (Å²) >= 11 is 7.52. The molecule has 2 aromatic rings. The molecule has 0 aliphatic heterocycles. The van der Waals surface area contributed by atoms with E-state index >= 15 is 0 Å². The first-order valence-electron chi connectivity index (χ1n) is 5.10. The molecule has 0 bridgehead atoms. The van der Waals surface area contributed by atoms with Gasteiger partial charge in [0.05, 0.1) is 0 Å². The van der Waals surface area contributed by atoms with Crippen molar-refractivity contribution in [2.45, 2.75) is 13.8 Å². The van der Waals surface area contributed by atoms with Gasteiger partial charge in [0.1, 0.15) is 10.0 Å². The molecule has 16 heavy (non-hydrogen) atoms. The van der Waals surface area contributed by atoms with Crippen molar-refractivity contribution in [3.8, 4) is 0 Å². The first kappa shape index (κ1) is 11.4. The Labute approximate surface area is 103 Å². The molecule has 84 valence electrons. The molecule has 0 aliphatic rings. The maximum Gasteiger partial charge on any atom is 0.212 e. The lowest BCUT2D eigenvalue weighted by Gasteiger charge is -2.06. The van der Waals surface area contributed by atoms with E-state index in [1.807, 2.05) is 32.0 Å². The van der Waals surface area contributed by atoms with Gasteiger partial charge in [0.25, 0.3) is 0 Å². The summed E-state index contributed by atoms with van der Waals surface area (Å²) in [6, 6.07) is 5.84. The number of rotatable bonds is 2. The quantitative estimate of drug-likeness (QED) is 0.885. The van der Waals surface area contributed by atoms with Crippen LogP contribution in [0.15, 0.2) is 23.0 Å². The average molecular weight is 254 g/mol. The number of aryl methyl sites for hydroxylation is 1. The third-order valence-corrected chi connectivity index (χ3v) is 3.74. The van der Waals surface area contributed by atoms with Gasteiger partial charge in [-0.15, -0.1) is 11.3 Å². The van der Waals surface area contributed by atoms with Crippen LogP contribution in [-0.4, -0.2) is 6.54 Å². The van der Waals surface area contributed by atoms with Crippen LogP contribution < -0.4 is 10.7 Å². The number of fused-ring (bicyclic) bond motifs is 1. The van der Waals surface area contributed by atoms with E-state index in [4.69, 9.17) is 11.6 Å². The highest BCUT2D eigenvalue weighted by Gasteiger charge is 2.10. The fourth-order valence-corrected chi connectivity index (χ4v) is 2.87. The molecule has 4 heteroatoms. The van der Waals surface area contributed by atoms with Gasteiger partial charge in [-0.3, -0.25) is 4.79 Å². The Morgan fingerprint density at radius 3 is 2.88 bits per heavy atom. The summed E-state index contributed by atoms with van der Waals surface area (Å²) in [6.45, 7) is 4.62. The molecule has 0 spiro atoms. The first-order chi connectivity index (χ1) is 7.63. The van der Waals surface area contributed by atoms with E-state index in [0.29, 0.717) is 16.6 Å². The maximum absolute atomic E-state index is 12.2. The van der Waals surface area contributed by atoms with Crippen molar-refractivity contribution in [3.63, 3.8) is 0 Å². The Morgan fingerprint density at radius 1 is 1.44 bits per heavy atom. The third-order valence-electron chi connectivity index (χ3n) is 2.36. The van der Waals surface area contributed by atoms with Gasteiger partial charge in [-0.2, -0.15) is 0 Å². The van der Waals surface area contributed by atoms with Gasteiger partial charge < -0.3 is 5.32 Å². The summed E-state index contributed by atoms with van der Waals surface area (Å²) in [5.74, 6) is 0. The van der Waals surface area contributed by atoms with Gasteiger partial charge in [-0.25, -0.2) is 0 Å². The summed E-state index contributed by atoms with van der Waals surface area (Å²) in [6.07, 6.45) is 0. The fraction of sp³-hybridized carbons (Fsp3) is 0.250. The van der Waals surface area contributed by atoms with Crippen LogP contribution in [-0.2, 0) is 0 Å². The van der Waals surface area contributed by atoms with Crippen LogP contribution in [0.25, 0.3) is 10.1 Å². The average Bonchev–Trinajstić information content (AvgIpc) is 2.26. The molecule has 0 amide bonds. The zero-order valence-electron chi connectivity index (χ0n) is 9.13. The van der Waals surface area contributed by atoms with Crippen LogP contribution >= 0.6 is 22.9 Å². The SMILES string of the molecule is CCNc1c(Cl)sc2ccc(C)cc2c1=O. The van der Waals surface area contributed by atoms with Crippen molar-refractivity contribution in [2.24, 2.45) is 0 Å². The normalized spacial score (nSPS) is 10.7. The van der Waals surface area contributed by atoms with E-state index in [9.17, 15) is 4.79 Å². The standard InChI is InChI=1S/C12H12ClNOS/c1-3-14-10-11(15)8-6-7(2)4-5-9(8)16-12(10)13/h4-6,14H,3H2,1-2H3. The molecule has 0 atom stereocenters. The number of nitrogens with one attached hydrogen (secondary N) is 1. The maximum atomic E-state index is 12.2. The first-order valence-corrected chi connectivity index (χ1v) is 6.29. The van der Waals surface area contributed by atoms with Crippen LogP contribution in [0.4, 0.5) is 5.69 Å². The summed E-state index contributed by atoms with van der Waals surface area (Å²) in [7, 11) is 0. The molecule has 0 radical (unpaired) electrons. The second kappa shape index (κ2) is 4.44. The molecule has 2 rings (SSSR count). The zero-order chi connectivity index (χ0) is 11.7. The highest BCUT2D eigenvalue weighted by atomic mass is 35.5. The summed E-state index contributed by atoms with van der Waals surface area (Å²) in [5, 5.41) is 3.76. The molecule has 0 saturated carbocycles. The van der Waals surface area contributed by atoms with E-state index in [1.54, 1.807) is 0 Å². The molecule has 0 unspecified atom stereocenters. The molecule has 1 aromatic heterocycles. The Kier molecular flexibility index (Phi) is 3.17. The largest absolute Gasteiger partial charge is 0.380 e. The number of benzene rings is 1. The molecule has 0 fully saturated rings. The molecule has 0 aliphatic carbocycles. The van der Waals surface area contributed by atoms with E-state index < -0.39 is 0 Å². The lowest BCUT2D eigenvalue weighted by atomic mass is 10.2. The minimum atomic E-state index is -0.00991. The van der Waals surface area contributed by atoms with Crippen molar-refractivity contribution < 1.29 is 0 Å². The monoisotopic (exact) mass is 253 g/mol. The van der Waals surface area contributed by atoms with Crippen molar-refractivity contribution in [1.82, 2.24) is 0 Å². The van der Waals surface area contributed by atoms with Gasteiger partial charge >= 0.3 is 0 Å². The van der Waals surface area contributed by atoms with E-state index in [0.717, 1.165) is 15.6 Å². The van der Waals surface area contributed by atoms with Crippen LogP contribution in [0, 0.1) is 6.92 Å². The molecule has 0 saturated heterocycles. The van der Waals surface area contributed by atoms with E-state index in [2.05, 4.69) is 5.32 Å². The van der Waals surface area contributed by atoms with E-state index in [1.165, 1.54) is 11.3 Å². The number of anilines is 1. The van der Waals surface area contributed by atoms with Crippen LogP contribution in [0.3, 0.4) is 0 Å².